The summed E-state index contributed by atoms with van der Waals surface area (Å²) in [5.74, 6) is -0.226. The Labute approximate surface area is 119 Å². The van der Waals surface area contributed by atoms with Crippen LogP contribution in [-0.4, -0.2) is 11.5 Å². The van der Waals surface area contributed by atoms with Gasteiger partial charge in [0.1, 0.15) is 5.82 Å². The fraction of sp³-hybridized carbons (Fsp3) is 0.312. The fourth-order valence-corrected chi connectivity index (χ4v) is 2.29. The van der Waals surface area contributed by atoms with Crippen molar-refractivity contribution in [3.05, 3.63) is 59.7 Å². The van der Waals surface area contributed by atoms with E-state index in [4.69, 9.17) is 5.73 Å². The normalized spacial score (nSPS) is 12.2. The van der Waals surface area contributed by atoms with Gasteiger partial charge in [-0.05, 0) is 43.2 Å². The molecule has 106 valence electrons. The highest BCUT2D eigenvalue weighted by Crippen LogP contribution is 2.29. The Morgan fingerprint density at radius 1 is 1.25 bits per heavy atom. The van der Waals surface area contributed by atoms with Crippen molar-refractivity contribution in [1.82, 2.24) is 4.98 Å². The quantitative estimate of drug-likeness (QED) is 0.909. The number of halogens is 1. The van der Waals surface area contributed by atoms with Crippen LogP contribution in [0.1, 0.15) is 31.0 Å². The summed E-state index contributed by atoms with van der Waals surface area (Å²) in [6, 6.07) is 8.75. The van der Waals surface area contributed by atoms with Crippen molar-refractivity contribution in [3.63, 3.8) is 0 Å². The second kappa shape index (κ2) is 6.48. The number of pyridine rings is 1. The second-order valence-corrected chi connectivity index (χ2v) is 4.84. The van der Waals surface area contributed by atoms with Crippen molar-refractivity contribution >= 4 is 5.69 Å². The molecule has 2 aromatic rings. The predicted octanol–water partition coefficient (Wildman–Crippen LogP) is 3.27. The molecule has 1 heterocycles. The Hall–Kier alpha value is -1.94. The molecule has 0 aliphatic rings. The van der Waals surface area contributed by atoms with Gasteiger partial charge in [-0.3, -0.25) is 4.98 Å². The SMILES string of the molecule is CCN(Cc1ccncc1)c1c(F)cccc1[C@H](C)N. The minimum Gasteiger partial charge on any atom is -0.365 e. The molecule has 0 aliphatic carbocycles. The molecule has 2 N–H and O–H groups in total. The number of aromatic nitrogens is 1. The van der Waals surface area contributed by atoms with E-state index in [1.165, 1.54) is 6.07 Å². The maximum atomic E-state index is 14.2. The topological polar surface area (TPSA) is 42.2 Å². The van der Waals surface area contributed by atoms with Crippen LogP contribution in [0.25, 0.3) is 0 Å². The molecule has 0 radical (unpaired) electrons. The molecule has 0 amide bonds. The first kappa shape index (κ1) is 14.5. The van der Waals surface area contributed by atoms with Crippen LogP contribution in [-0.2, 0) is 6.54 Å². The van der Waals surface area contributed by atoms with Gasteiger partial charge in [-0.1, -0.05) is 12.1 Å². The van der Waals surface area contributed by atoms with Crippen LogP contribution in [0.3, 0.4) is 0 Å². The Kier molecular flexibility index (Phi) is 4.69. The first-order valence-corrected chi connectivity index (χ1v) is 6.81. The zero-order chi connectivity index (χ0) is 14.5. The van der Waals surface area contributed by atoms with E-state index in [1.807, 2.05) is 36.9 Å². The van der Waals surface area contributed by atoms with E-state index in [9.17, 15) is 4.39 Å². The van der Waals surface area contributed by atoms with Crippen LogP contribution < -0.4 is 10.6 Å². The summed E-state index contributed by atoms with van der Waals surface area (Å²) in [6.45, 7) is 5.24. The second-order valence-electron chi connectivity index (χ2n) is 4.84. The third-order valence-corrected chi connectivity index (χ3v) is 3.33. The first-order chi connectivity index (χ1) is 9.63. The Morgan fingerprint density at radius 3 is 2.55 bits per heavy atom. The molecular formula is C16H20FN3. The molecular weight excluding hydrogens is 253 g/mol. The highest BCUT2D eigenvalue weighted by Gasteiger charge is 2.17. The highest BCUT2D eigenvalue weighted by molar-refractivity contribution is 5.56. The van der Waals surface area contributed by atoms with E-state index in [1.54, 1.807) is 18.5 Å². The summed E-state index contributed by atoms with van der Waals surface area (Å²) in [6.07, 6.45) is 3.49. The molecule has 0 bridgehead atoms. The van der Waals surface area contributed by atoms with Crippen LogP contribution in [0, 0.1) is 5.82 Å². The molecule has 0 fully saturated rings. The van der Waals surface area contributed by atoms with Crippen molar-refractivity contribution in [2.75, 3.05) is 11.4 Å². The van der Waals surface area contributed by atoms with E-state index in [0.29, 0.717) is 18.8 Å². The maximum absolute atomic E-state index is 14.2. The predicted molar refractivity (Wildman–Crippen MR) is 80.0 cm³/mol. The standard InChI is InChI=1S/C16H20FN3/c1-3-20(11-13-7-9-19-10-8-13)16-14(12(2)18)5-4-6-15(16)17/h4-10,12H,3,11,18H2,1-2H3/t12-/m0/s1. The summed E-state index contributed by atoms with van der Waals surface area (Å²) >= 11 is 0. The summed E-state index contributed by atoms with van der Waals surface area (Å²) in [5, 5.41) is 0. The zero-order valence-electron chi connectivity index (χ0n) is 11.9. The summed E-state index contributed by atoms with van der Waals surface area (Å²) in [5.41, 5.74) is 8.50. The number of hydrogen-bond acceptors (Lipinski definition) is 3. The Balaban J connectivity index is 2.37. The maximum Gasteiger partial charge on any atom is 0.146 e. The fourth-order valence-electron chi connectivity index (χ4n) is 2.29. The first-order valence-electron chi connectivity index (χ1n) is 6.81. The largest absolute Gasteiger partial charge is 0.365 e. The Bertz CT molecular complexity index is 555. The van der Waals surface area contributed by atoms with E-state index < -0.39 is 0 Å². The van der Waals surface area contributed by atoms with E-state index in [-0.39, 0.29) is 11.9 Å². The third kappa shape index (κ3) is 3.14. The molecule has 0 spiro atoms. The van der Waals surface area contributed by atoms with Crippen molar-refractivity contribution in [3.8, 4) is 0 Å². The number of nitrogens with two attached hydrogens (primary N) is 1. The van der Waals surface area contributed by atoms with Gasteiger partial charge in [0.25, 0.3) is 0 Å². The lowest BCUT2D eigenvalue weighted by Crippen LogP contribution is -2.25. The number of anilines is 1. The summed E-state index contributed by atoms with van der Waals surface area (Å²) in [4.78, 5) is 6.01. The average molecular weight is 273 g/mol. The van der Waals surface area contributed by atoms with Crippen LogP contribution >= 0.6 is 0 Å². The summed E-state index contributed by atoms with van der Waals surface area (Å²) in [7, 11) is 0. The minimum absolute atomic E-state index is 0.202. The number of benzene rings is 1. The molecule has 0 unspecified atom stereocenters. The molecule has 0 saturated carbocycles. The number of hydrogen-bond donors (Lipinski definition) is 1. The van der Waals surface area contributed by atoms with Gasteiger partial charge < -0.3 is 10.6 Å². The van der Waals surface area contributed by atoms with Gasteiger partial charge in [-0.25, -0.2) is 4.39 Å². The molecule has 0 saturated heterocycles. The number of para-hydroxylation sites is 1. The van der Waals surface area contributed by atoms with Crippen molar-refractivity contribution in [2.45, 2.75) is 26.4 Å². The molecule has 4 heteroatoms. The molecule has 3 nitrogen and oxygen atoms in total. The monoisotopic (exact) mass is 273 g/mol. The van der Waals surface area contributed by atoms with Crippen LogP contribution in [0.15, 0.2) is 42.7 Å². The smallest absolute Gasteiger partial charge is 0.146 e. The van der Waals surface area contributed by atoms with Gasteiger partial charge in [0.05, 0.1) is 5.69 Å². The van der Waals surface area contributed by atoms with Crippen LogP contribution in [0.5, 0.6) is 0 Å². The zero-order valence-corrected chi connectivity index (χ0v) is 11.9. The van der Waals surface area contributed by atoms with Crippen molar-refractivity contribution in [2.24, 2.45) is 5.73 Å². The lowest BCUT2D eigenvalue weighted by Gasteiger charge is -2.27. The van der Waals surface area contributed by atoms with Crippen molar-refractivity contribution in [1.29, 1.82) is 0 Å². The third-order valence-electron chi connectivity index (χ3n) is 3.33. The average Bonchev–Trinajstić information content (AvgIpc) is 2.46. The van der Waals surface area contributed by atoms with Crippen LogP contribution in [0.4, 0.5) is 10.1 Å². The van der Waals surface area contributed by atoms with Crippen molar-refractivity contribution < 1.29 is 4.39 Å². The van der Waals surface area contributed by atoms with E-state index in [2.05, 4.69) is 4.98 Å². The number of rotatable bonds is 5. The van der Waals surface area contributed by atoms with E-state index in [0.717, 1.165) is 11.1 Å². The lowest BCUT2D eigenvalue weighted by molar-refractivity contribution is 0.611. The summed E-state index contributed by atoms with van der Waals surface area (Å²) < 4.78 is 14.2. The molecule has 20 heavy (non-hydrogen) atoms. The van der Waals surface area contributed by atoms with Gasteiger partial charge in [0.2, 0.25) is 0 Å². The highest BCUT2D eigenvalue weighted by atomic mass is 19.1. The molecule has 1 aromatic heterocycles. The molecule has 2 rings (SSSR count). The lowest BCUT2D eigenvalue weighted by atomic mass is 10.0. The number of nitrogens with zero attached hydrogens (tertiary/aromatic N) is 2. The van der Waals surface area contributed by atoms with Gasteiger partial charge in [-0.15, -0.1) is 0 Å². The molecule has 1 atom stereocenters. The van der Waals surface area contributed by atoms with Gasteiger partial charge in [-0.2, -0.15) is 0 Å². The molecule has 1 aromatic carbocycles. The molecule has 0 aliphatic heterocycles. The Morgan fingerprint density at radius 2 is 1.95 bits per heavy atom. The van der Waals surface area contributed by atoms with E-state index >= 15 is 0 Å². The van der Waals surface area contributed by atoms with Crippen LogP contribution in [0.2, 0.25) is 0 Å². The van der Waals surface area contributed by atoms with Gasteiger partial charge in [0, 0.05) is 31.5 Å². The van der Waals surface area contributed by atoms with Gasteiger partial charge in [0.15, 0.2) is 0 Å². The minimum atomic E-state index is -0.226. The van der Waals surface area contributed by atoms with Gasteiger partial charge >= 0.3 is 0 Å².